The molecule has 0 radical (unpaired) electrons. The van der Waals surface area contributed by atoms with Crippen molar-refractivity contribution in [2.75, 3.05) is 19.6 Å². The van der Waals surface area contributed by atoms with Gasteiger partial charge in [-0.05, 0) is 37.3 Å². The second-order valence-corrected chi connectivity index (χ2v) is 6.28. The molecule has 2 atom stereocenters. The van der Waals surface area contributed by atoms with E-state index in [1.807, 2.05) is 0 Å². The van der Waals surface area contributed by atoms with E-state index in [0.717, 1.165) is 6.54 Å². The fourth-order valence-corrected chi connectivity index (χ4v) is 2.86. The Balaban J connectivity index is 1.92. The molecule has 1 N–H and O–H groups in total. The van der Waals surface area contributed by atoms with Gasteiger partial charge < -0.3 is 5.32 Å². The molecule has 0 spiro atoms. The van der Waals surface area contributed by atoms with Crippen LogP contribution in [0.2, 0.25) is 0 Å². The molecule has 2 rings (SSSR count). The van der Waals surface area contributed by atoms with Crippen LogP contribution in [-0.4, -0.2) is 36.6 Å². The number of piperazine rings is 1. The van der Waals surface area contributed by atoms with Gasteiger partial charge in [0.05, 0.1) is 0 Å². The van der Waals surface area contributed by atoms with Crippen LogP contribution in [0.5, 0.6) is 0 Å². The van der Waals surface area contributed by atoms with Crippen LogP contribution in [-0.2, 0) is 6.42 Å². The van der Waals surface area contributed by atoms with Crippen molar-refractivity contribution in [3.63, 3.8) is 0 Å². The molecule has 0 bridgehead atoms. The molecule has 106 valence electrons. The van der Waals surface area contributed by atoms with E-state index in [-0.39, 0.29) is 0 Å². The summed E-state index contributed by atoms with van der Waals surface area (Å²) in [4.78, 5) is 2.65. The minimum atomic E-state index is 0.646. The first-order valence-corrected chi connectivity index (χ1v) is 7.60. The Hall–Kier alpha value is -0.860. The van der Waals surface area contributed by atoms with Crippen molar-refractivity contribution in [2.24, 2.45) is 5.92 Å². The molecule has 1 aromatic carbocycles. The Labute approximate surface area is 118 Å². The van der Waals surface area contributed by atoms with Gasteiger partial charge in [-0.25, -0.2) is 0 Å². The lowest BCUT2D eigenvalue weighted by atomic mass is 9.99. The quantitative estimate of drug-likeness (QED) is 0.895. The fourth-order valence-electron chi connectivity index (χ4n) is 2.86. The maximum Gasteiger partial charge on any atom is 0.0218 e. The summed E-state index contributed by atoms with van der Waals surface area (Å²) in [6.07, 6.45) is 1.17. The number of benzene rings is 1. The molecule has 0 aliphatic carbocycles. The van der Waals surface area contributed by atoms with Gasteiger partial charge in [-0.3, -0.25) is 4.90 Å². The van der Waals surface area contributed by atoms with Gasteiger partial charge in [-0.1, -0.05) is 38.1 Å². The largest absolute Gasteiger partial charge is 0.311 e. The molecular weight excluding hydrogens is 232 g/mol. The molecule has 1 aliphatic rings. The van der Waals surface area contributed by atoms with Crippen molar-refractivity contribution >= 4 is 0 Å². The zero-order valence-electron chi connectivity index (χ0n) is 12.8. The predicted octanol–water partition coefficient (Wildman–Crippen LogP) is 2.86. The summed E-state index contributed by atoms with van der Waals surface area (Å²) in [6.45, 7) is 12.7. The zero-order chi connectivity index (χ0) is 13.8. The van der Waals surface area contributed by atoms with Crippen LogP contribution in [0.1, 0.15) is 31.9 Å². The van der Waals surface area contributed by atoms with E-state index in [2.05, 4.69) is 62.2 Å². The molecule has 2 unspecified atom stereocenters. The maximum absolute atomic E-state index is 3.67. The number of nitrogens with one attached hydrogen (secondary N) is 1. The van der Waals surface area contributed by atoms with Crippen molar-refractivity contribution < 1.29 is 0 Å². The molecule has 1 saturated heterocycles. The molecule has 1 aliphatic heterocycles. The Morgan fingerprint density at radius 3 is 2.74 bits per heavy atom. The monoisotopic (exact) mass is 260 g/mol. The lowest BCUT2D eigenvalue weighted by Gasteiger charge is -2.40. The molecule has 2 heteroatoms. The van der Waals surface area contributed by atoms with Gasteiger partial charge in [0.15, 0.2) is 0 Å². The smallest absolute Gasteiger partial charge is 0.0218 e. The average Bonchev–Trinajstić information content (AvgIpc) is 2.39. The number of rotatable bonds is 4. The minimum absolute atomic E-state index is 0.646. The highest BCUT2D eigenvalue weighted by Gasteiger charge is 2.26. The highest BCUT2D eigenvalue weighted by Crippen LogP contribution is 2.15. The molecular formula is C17H28N2. The molecule has 19 heavy (non-hydrogen) atoms. The molecule has 0 aromatic heterocycles. The average molecular weight is 260 g/mol. The standard InChI is InChI=1S/C17H28N2/c1-13(2)17-12-19(15(4)11-18-17)10-9-16-8-6-5-7-14(16)3/h5-8,13,15,17-18H,9-12H2,1-4H3. The first-order chi connectivity index (χ1) is 9.08. The number of aryl methyl sites for hydroxylation is 1. The Bertz CT molecular complexity index is 400. The SMILES string of the molecule is Cc1ccccc1CCN1CC(C(C)C)NCC1C. The van der Waals surface area contributed by atoms with Crippen LogP contribution >= 0.6 is 0 Å². The summed E-state index contributed by atoms with van der Waals surface area (Å²) in [7, 11) is 0. The summed E-state index contributed by atoms with van der Waals surface area (Å²) < 4.78 is 0. The zero-order valence-corrected chi connectivity index (χ0v) is 12.8. The van der Waals surface area contributed by atoms with E-state index in [1.54, 1.807) is 0 Å². The van der Waals surface area contributed by atoms with Gasteiger partial charge in [0.2, 0.25) is 0 Å². The lowest BCUT2D eigenvalue weighted by Crippen LogP contribution is -2.57. The van der Waals surface area contributed by atoms with Crippen molar-refractivity contribution in [1.29, 1.82) is 0 Å². The summed E-state index contributed by atoms with van der Waals surface area (Å²) in [6, 6.07) is 10.1. The van der Waals surface area contributed by atoms with Crippen LogP contribution in [0.25, 0.3) is 0 Å². The van der Waals surface area contributed by atoms with Crippen LogP contribution < -0.4 is 5.32 Å². The van der Waals surface area contributed by atoms with Crippen LogP contribution in [0.3, 0.4) is 0 Å². The van der Waals surface area contributed by atoms with Crippen LogP contribution in [0.15, 0.2) is 24.3 Å². The predicted molar refractivity (Wildman–Crippen MR) is 82.5 cm³/mol. The number of nitrogens with zero attached hydrogens (tertiary/aromatic N) is 1. The van der Waals surface area contributed by atoms with Crippen molar-refractivity contribution in [2.45, 2.75) is 46.2 Å². The molecule has 2 nitrogen and oxygen atoms in total. The van der Waals surface area contributed by atoms with Crippen molar-refractivity contribution in [3.8, 4) is 0 Å². The van der Waals surface area contributed by atoms with Crippen LogP contribution in [0, 0.1) is 12.8 Å². The summed E-state index contributed by atoms with van der Waals surface area (Å²) in [5.74, 6) is 0.716. The molecule has 0 amide bonds. The topological polar surface area (TPSA) is 15.3 Å². The maximum atomic E-state index is 3.67. The minimum Gasteiger partial charge on any atom is -0.311 e. The van der Waals surface area contributed by atoms with E-state index in [9.17, 15) is 0 Å². The van der Waals surface area contributed by atoms with Gasteiger partial charge in [0.1, 0.15) is 0 Å². The van der Waals surface area contributed by atoms with Gasteiger partial charge in [-0.15, -0.1) is 0 Å². The first-order valence-electron chi connectivity index (χ1n) is 7.60. The highest BCUT2D eigenvalue weighted by molar-refractivity contribution is 5.25. The lowest BCUT2D eigenvalue weighted by molar-refractivity contribution is 0.124. The normalized spacial score (nSPS) is 24.9. The summed E-state index contributed by atoms with van der Waals surface area (Å²) in [5, 5.41) is 3.67. The second kappa shape index (κ2) is 6.53. The highest BCUT2D eigenvalue weighted by atomic mass is 15.2. The third kappa shape index (κ3) is 3.80. The first kappa shape index (κ1) is 14.5. The molecule has 1 fully saturated rings. The van der Waals surface area contributed by atoms with E-state index in [1.165, 1.54) is 30.6 Å². The van der Waals surface area contributed by atoms with Gasteiger partial charge in [0, 0.05) is 31.7 Å². The molecule has 1 aromatic rings. The number of hydrogen-bond donors (Lipinski definition) is 1. The van der Waals surface area contributed by atoms with Gasteiger partial charge >= 0.3 is 0 Å². The summed E-state index contributed by atoms with van der Waals surface area (Å²) >= 11 is 0. The van der Waals surface area contributed by atoms with E-state index < -0.39 is 0 Å². The third-order valence-electron chi connectivity index (χ3n) is 4.46. The van der Waals surface area contributed by atoms with E-state index >= 15 is 0 Å². The van der Waals surface area contributed by atoms with E-state index in [0.29, 0.717) is 18.0 Å². The second-order valence-electron chi connectivity index (χ2n) is 6.28. The Morgan fingerprint density at radius 2 is 2.05 bits per heavy atom. The van der Waals surface area contributed by atoms with Gasteiger partial charge in [-0.2, -0.15) is 0 Å². The Morgan fingerprint density at radius 1 is 1.32 bits per heavy atom. The van der Waals surface area contributed by atoms with E-state index in [4.69, 9.17) is 0 Å². The van der Waals surface area contributed by atoms with Crippen molar-refractivity contribution in [1.82, 2.24) is 10.2 Å². The summed E-state index contributed by atoms with van der Waals surface area (Å²) in [5.41, 5.74) is 2.92. The Kier molecular flexibility index (Phi) is 5.00. The molecule has 1 heterocycles. The number of hydrogen-bond acceptors (Lipinski definition) is 2. The van der Waals surface area contributed by atoms with Crippen LogP contribution in [0.4, 0.5) is 0 Å². The fraction of sp³-hybridized carbons (Fsp3) is 0.647. The third-order valence-corrected chi connectivity index (χ3v) is 4.46. The van der Waals surface area contributed by atoms with Crippen molar-refractivity contribution in [3.05, 3.63) is 35.4 Å². The molecule has 0 saturated carbocycles. The van der Waals surface area contributed by atoms with Gasteiger partial charge in [0.25, 0.3) is 0 Å².